The van der Waals surface area contributed by atoms with Crippen LogP contribution in [0.2, 0.25) is 0 Å². The Morgan fingerprint density at radius 1 is 1.44 bits per heavy atom. The molecule has 0 unspecified atom stereocenters. The molecule has 25 heavy (non-hydrogen) atoms. The van der Waals surface area contributed by atoms with Gasteiger partial charge in [-0.05, 0) is 31.2 Å². The van der Waals surface area contributed by atoms with E-state index in [-0.39, 0.29) is 17.7 Å². The van der Waals surface area contributed by atoms with Gasteiger partial charge in [0, 0.05) is 31.7 Å². The van der Waals surface area contributed by atoms with Crippen molar-refractivity contribution < 1.29 is 9.59 Å². The number of nitrogens with zero attached hydrogens (tertiary/aromatic N) is 3. The minimum Gasteiger partial charge on any atom is -0.354 e. The largest absolute Gasteiger partial charge is 0.354 e. The SMILES string of the molecule is CC(C)c1ncc2c(n1)CN(CC(=O)N[C@H]1CCCCNC1=O)CC2. The summed E-state index contributed by atoms with van der Waals surface area (Å²) in [6, 6.07) is -0.401. The summed E-state index contributed by atoms with van der Waals surface area (Å²) in [4.78, 5) is 35.5. The summed E-state index contributed by atoms with van der Waals surface area (Å²) in [6.07, 6.45) is 5.41. The van der Waals surface area contributed by atoms with E-state index < -0.39 is 6.04 Å². The number of hydrogen-bond acceptors (Lipinski definition) is 5. The van der Waals surface area contributed by atoms with Gasteiger partial charge in [-0.1, -0.05) is 13.8 Å². The number of amides is 2. The lowest BCUT2D eigenvalue weighted by Gasteiger charge is -2.28. The molecule has 1 saturated heterocycles. The number of rotatable bonds is 4. The van der Waals surface area contributed by atoms with Gasteiger partial charge in [0.2, 0.25) is 11.8 Å². The van der Waals surface area contributed by atoms with Crippen LogP contribution < -0.4 is 10.6 Å². The van der Waals surface area contributed by atoms with Crippen molar-refractivity contribution in [2.24, 2.45) is 0 Å². The number of carbonyl (C=O) groups is 2. The summed E-state index contributed by atoms with van der Waals surface area (Å²) in [5.74, 6) is 0.977. The molecule has 0 saturated carbocycles. The van der Waals surface area contributed by atoms with E-state index in [1.165, 1.54) is 5.56 Å². The number of hydrogen-bond donors (Lipinski definition) is 2. The molecule has 0 aliphatic carbocycles. The van der Waals surface area contributed by atoms with Crippen LogP contribution in [0.5, 0.6) is 0 Å². The molecule has 1 aromatic heterocycles. The fraction of sp³-hybridized carbons (Fsp3) is 0.667. The van der Waals surface area contributed by atoms with Gasteiger partial charge < -0.3 is 10.6 Å². The fourth-order valence-corrected chi connectivity index (χ4v) is 3.31. The molecule has 136 valence electrons. The third kappa shape index (κ3) is 4.54. The molecule has 3 rings (SSSR count). The lowest BCUT2D eigenvalue weighted by Crippen LogP contribution is -2.49. The smallest absolute Gasteiger partial charge is 0.242 e. The van der Waals surface area contributed by atoms with Crippen LogP contribution in [-0.4, -0.2) is 52.4 Å². The Labute approximate surface area is 148 Å². The third-order valence-corrected chi connectivity index (χ3v) is 4.80. The summed E-state index contributed by atoms with van der Waals surface area (Å²) in [5.41, 5.74) is 2.19. The first-order valence-electron chi connectivity index (χ1n) is 9.17. The maximum absolute atomic E-state index is 12.4. The van der Waals surface area contributed by atoms with Gasteiger partial charge in [-0.3, -0.25) is 14.5 Å². The highest BCUT2D eigenvalue weighted by molar-refractivity contribution is 5.88. The molecule has 2 aliphatic rings. The molecule has 1 atom stereocenters. The lowest BCUT2D eigenvalue weighted by atomic mass is 10.1. The molecule has 3 heterocycles. The monoisotopic (exact) mass is 345 g/mol. The topological polar surface area (TPSA) is 87.2 Å². The van der Waals surface area contributed by atoms with Crippen LogP contribution in [0.25, 0.3) is 0 Å². The Morgan fingerprint density at radius 3 is 3.08 bits per heavy atom. The van der Waals surface area contributed by atoms with Crippen molar-refractivity contribution in [3.8, 4) is 0 Å². The van der Waals surface area contributed by atoms with Crippen LogP contribution in [0.3, 0.4) is 0 Å². The Kier molecular flexibility index (Phi) is 5.63. The zero-order chi connectivity index (χ0) is 17.8. The van der Waals surface area contributed by atoms with Crippen LogP contribution in [0, 0.1) is 0 Å². The van der Waals surface area contributed by atoms with Gasteiger partial charge in [0.1, 0.15) is 11.9 Å². The Bertz CT molecular complexity index is 646. The standard InChI is InChI=1S/C18H27N5O2/c1-12(2)17-20-9-13-6-8-23(10-15(13)22-17)11-16(24)21-14-5-3-4-7-19-18(14)25/h9,12,14H,3-8,10-11H2,1-2H3,(H,19,25)(H,21,24)/t14-/m0/s1. The highest BCUT2D eigenvalue weighted by Gasteiger charge is 2.25. The number of fused-ring (bicyclic) bond motifs is 1. The summed E-state index contributed by atoms with van der Waals surface area (Å²) >= 11 is 0. The van der Waals surface area contributed by atoms with Crippen LogP contribution in [-0.2, 0) is 22.6 Å². The predicted octanol–water partition coefficient (Wildman–Crippen LogP) is 0.743. The molecule has 2 aliphatic heterocycles. The summed E-state index contributed by atoms with van der Waals surface area (Å²) in [6.45, 7) is 6.61. The first kappa shape index (κ1) is 17.8. The van der Waals surface area contributed by atoms with Crippen molar-refractivity contribution >= 4 is 11.8 Å². The summed E-state index contributed by atoms with van der Waals surface area (Å²) < 4.78 is 0. The molecule has 2 amide bonds. The van der Waals surface area contributed by atoms with Crippen molar-refractivity contribution in [3.05, 3.63) is 23.3 Å². The number of carbonyl (C=O) groups excluding carboxylic acids is 2. The molecular weight excluding hydrogens is 318 g/mol. The van der Waals surface area contributed by atoms with E-state index in [1.807, 2.05) is 6.20 Å². The van der Waals surface area contributed by atoms with Crippen molar-refractivity contribution in [1.29, 1.82) is 0 Å². The second-order valence-corrected chi connectivity index (χ2v) is 7.22. The molecule has 7 heteroatoms. The highest BCUT2D eigenvalue weighted by atomic mass is 16.2. The van der Waals surface area contributed by atoms with Crippen LogP contribution in [0.15, 0.2) is 6.20 Å². The molecule has 0 radical (unpaired) electrons. The maximum Gasteiger partial charge on any atom is 0.242 e. The van der Waals surface area contributed by atoms with Gasteiger partial charge in [-0.25, -0.2) is 9.97 Å². The normalized spacial score (nSPS) is 21.4. The number of nitrogens with one attached hydrogen (secondary N) is 2. The van der Waals surface area contributed by atoms with E-state index in [4.69, 9.17) is 0 Å². The maximum atomic E-state index is 12.4. The van der Waals surface area contributed by atoms with E-state index in [0.29, 0.717) is 26.1 Å². The Morgan fingerprint density at radius 2 is 2.28 bits per heavy atom. The second kappa shape index (κ2) is 7.91. The van der Waals surface area contributed by atoms with Crippen LogP contribution in [0.1, 0.15) is 56.1 Å². The zero-order valence-corrected chi connectivity index (χ0v) is 15.0. The van der Waals surface area contributed by atoms with Gasteiger partial charge in [0.25, 0.3) is 0 Å². The number of aromatic nitrogens is 2. The Balaban J connectivity index is 1.57. The van der Waals surface area contributed by atoms with E-state index in [1.54, 1.807) is 0 Å². The molecular formula is C18H27N5O2. The first-order chi connectivity index (χ1) is 12.0. The van der Waals surface area contributed by atoms with Gasteiger partial charge in [-0.2, -0.15) is 0 Å². The van der Waals surface area contributed by atoms with Crippen LogP contribution >= 0.6 is 0 Å². The molecule has 0 spiro atoms. The quantitative estimate of drug-likeness (QED) is 0.841. The minimum atomic E-state index is -0.401. The average Bonchev–Trinajstić information content (AvgIpc) is 2.78. The van der Waals surface area contributed by atoms with Gasteiger partial charge in [-0.15, -0.1) is 0 Å². The molecule has 1 fully saturated rings. The molecule has 7 nitrogen and oxygen atoms in total. The summed E-state index contributed by atoms with van der Waals surface area (Å²) in [7, 11) is 0. The molecule has 0 bridgehead atoms. The van der Waals surface area contributed by atoms with Crippen molar-refractivity contribution in [2.45, 2.75) is 58.0 Å². The van der Waals surface area contributed by atoms with Crippen molar-refractivity contribution in [3.63, 3.8) is 0 Å². The van der Waals surface area contributed by atoms with Crippen molar-refractivity contribution in [1.82, 2.24) is 25.5 Å². The molecule has 0 aromatic carbocycles. The van der Waals surface area contributed by atoms with E-state index in [0.717, 1.165) is 37.3 Å². The first-order valence-corrected chi connectivity index (χ1v) is 9.17. The average molecular weight is 345 g/mol. The van der Waals surface area contributed by atoms with Gasteiger partial charge in [0.05, 0.1) is 12.2 Å². The van der Waals surface area contributed by atoms with Crippen molar-refractivity contribution in [2.75, 3.05) is 19.6 Å². The third-order valence-electron chi connectivity index (χ3n) is 4.80. The van der Waals surface area contributed by atoms with E-state index in [9.17, 15) is 9.59 Å². The predicted molar refractivity (Wildman–Crippen MR) is 93.9 cm³/mol. The van der Waals surface area contributed by atoms with Gasteiger partial charge >= 0.3 is 0 Å². The van der Waals surface area contributed by atoms with Gasteiger partial charge in [0.15, 0.2) is 0 Å². The van der Waals surface area contributed by atoms with Crippen LogP contribution in [0.4, 0.5) is 0 Å². The highest BCUT2D eigenvalue weighted by Crippen LogP contribution is 2.18. The molecule has 2 N–H and O–H groups in total. The fourth-order valence-electron chi connectivity index (χ4n) is 3.31. The lowest BCUT2D eigenvalue weighted by molar-refractivity contribution is -0.129. The zero-order valence-electron chi connectivity index (χ0n) is 15.0. The Hall–Kier alpha value is -2.02. The second-order valence-electron chi connectivity index (χ2n) is 7.22. The minimum absolute atomic E-state index is 0.0656. The summed E-state index contributed by atoms with van der Waals surface area (Å²) in [5, 5.41) is 5.73. The molecule has 1 aromatic rings. The van der Waals surface area contributed by atoms with E-state index >= 15 is 0 Å². The van der Waals surface area contributed by atoms with E-state index in [2.05, 4.69) is 39.3 Å².